The van der Waals surface area contributed by atoms with E-state index < -0.39 is 10.0 Å². The summed E-state index contributed by atoms with van der Waals surface area (Å²) in [6.45, 7) is 9.45. The molecule has 1 heterocycles. The van der Waals surface area contributed by atoms with Gasteiger partial charge in [0.2, 0.25) is 0 Å². The van der Waals surface area contributed by atoms with E-state index in [0.29, 0.717) is 17.4 Å². The summed E-state index contributed by atoms with van der Waals surface area (Å²) < 4.78 is 33.5. The smallest absolute Gasteiger partial charge is 0.261 e. The lowest BCUT2D eigenvalue weighted by atomic mass is 9.98. The Morgan fingerprint density at radius 3 is 2.34 bits per heavy atom. The molecule has 1 N–H and O–H groups in total. The third-order valence-electron chi connectivity index (χ3n) is 4.95. The molecule has 0 radical (unpaired) electrons. The van der Waals surface area contributed by atoms with E-state index in [1.54, 1.807) is 24.3 Å². The molecular weight excluding hydrogens is 408 g/mol. The van der Waals surface area contributed by atoms with Gasteiger partial charge in [-0.3, -0.25) is 4.72 Å². The van der Waals surface area contributed by atoms with Crippen molar-refractivity contribution in [2.24, 2.45) is 0 Å². The molecule has 1 atom stereocenters. The van der Waals surface area contributed by atoms with Crippen LogP contribution in [0.4, 0.5) is 5.69 Å². The van der Waals surface area contributed by atoms with Crippen LogP contribution in [0.1, 0.15) is 45.1 Å². The first-order chi connectivity index (χ1) is 13.4. The monoisotopic (exact) mass is 438 g/mol. The zero-order valence-corrected chi connectivity index (χ0v) is 18.9. The Morgan fingerprint density at radius 2 is 1.76 bits per heavy atom. The highest BCUT2D eigenvalue weighted by atomic mass is 35.5. The van der Waals surface area contributed by atoms with Crippen molar-refractivity contribution in [3.63, 3.8) is 0 Å². The molecule has 0 saturated carbocycles. The second-order valence-corrected chi connectivity index (χ2v) is 9.33. The van der Waals surface area contributed by atoms with Crippen LogP contribution in [0.15, 0.2) is 53.4 Å². The SMILES string of the molecule is CCCN1CCC(c2ccc(NS(=O)(=O)c3ccc(OC(C)C)cc3)cc2)C1.Cl. The molecule has 0 amide bonds. The van der Waals surface area contributed by atoms with E-state index in [1.165, 1.54) is 12.0 Å². The quantitative estimate of drug-likeness (QED) is 0.637. The minimum atomic E-state index is -3.62. The third-order valence-corrected chi connectivity index (χ3v) is 6.35. The Hall–Kier alpha value is -1.76. The summed E-state index contributed by atoms with van der Waals surface area (Å²) in [5.41, 5.74) is 1.85. The van der Waals surface area contributed by atoms with E-state index in [9.17, 15) is 8.42 Å². The number of hydrogen-bond acceptors (Lipinski definition) is 4. The minimum absolute atomic E-state index is 0. The fourth-order valence-electron chi connectivity index (χ4n) is 3.63. The zero-order valence-electron chi connectivity index (χ0n) is 17.3. The first kappa shape index (κ1) is 23.5. The fraction of sp³-hybridized carbons (Fsp3) is 0.455. The Morgan fingerprint density at radius 1 is 1.10 bits per heavy atom. The molecule has 1 saturated heterocycles. The highest BCUT2D eigenvalue weighted by molar-refractivity contribution is 7.92. The minimum Gasteiger partial charge on any atom is -0.491 e. The summed E-state index contributed by atoms with van der Waals surface area (Å²) in [7, 11) is -3.62. The van der Waals surface area contributed by atoms with Gasteiger partial charge < -0.3 is 9.64 Å². The van der Waals surface area contributed by atoms with Gasteiger partial charge in [0.05, 0.1) is 11.0 Å². The van der Waals surface area contributed by atoms with Gasteiger partial charge in [0.15, 0.2) is 0 Å². The normalized spacial score (nSPS) is 17.2. The van der Waals surface area contributed by atoms with E-state index in [0.717, 1.165) is 26.1 Å². The van der Waals surface area contributed by atoms with Crippen LogP contribution < -0.4 is 9.46 Å². The maximum absolute atomic E-state index is 12.6. The number of nitrogens with one attached hydrogen (secondary N) is 1. The summed E-state index contributed by atoms with van der Waals surface area (Å²) in [5, 5.41) is 0. The Balaban J connectivity index is 0.00000300. The van der Waals surface area contributed by atoms with E-state index in [-0.39, 0.29) is 23.4 Å². The van der Waals surface area contributed by atoms with Crippen LogP contribution in [0.3, 0.4) is 0 Å². The number of benzene rings is 2. The average Bonchev–Trinajstić information content (AvgIpc) is 3.11. The number of rotatable bonds is 8. The molecule has 29 heavy (non-hydrogen) atoms. The maximum atomic E-state index is 12.6. The Labute approximate surface area is 180 Å². The Bertz CT molecular complexity index is 868. The van der Waals surface area contributed by atoms with Crippen molar-refractivity contribution in [3.05, 3.63) is 54.1 Å². The molecule has 1 fully saturated rings. The van der Waals surface area contributed by atoms with E-state index in [1.807, 2.05) is 38.1 Å². The molecule has 1 unspecified atom stereocenters. The van der Waals surface area contributed by atoms with Crippen molar-refractivity contribution in [2.75, 3.05) is 24.4 Å². The van der Waals surface area contributed by atoms with Crippen molar-refractivity contribution in [1.82, 2.24) is 4.90 Å². The van der Waals surface area contributed by atoms with Crippen LogP contribution in [0.2, 0.25) is 0 Å². The van der Waals surface area contributed by atoms with Crippen LogP contribution in [0.25, 0.3) is 0 Å². The van der Waals surface area contributed by atoms with Gasteiger partial charge in [0, 0.05) is 12.2 Å². The molecule has 7 heteroatoms. The molecule has 1 aliphatic heterocycles. The highest BCUT2D eigenvalue weighted by Crippen LogP contribution is 2.28. The lowest BCUT2D eigenvalue weighted by Crippen LogP contribution is -2.20. The van der Waals surface area contributed by atoms with Gasteiger partial charge in [0.1, 0.15) is 5.75 Å². The second kappa shape index (κ2) is 10.3. The predicted octanol–water partition coefficient (Wildman–Crippen LogP) is 4.90. The van der Waals surface area contributed by atoms with Crippen LogP contribution in [-0.4, -0.2) is 39.1 Å². The largest absolute Gasteiger partial charge is 0.491 e. The van der Waals surface area contributed by atoms with Crippen molar-refractivity contribution in [3.8, 4) is 5.75 Å². The van der Waals surface area contributed by atoms with Crippen molar-refractivity contribution in [1.29, 1.82) is 0 Å². The number of hydrogen-bond donors (Lipinski definition) is 1. The molecule has 2 aromatic rings. The predicted molar refractivity (Wildman–Crippen MR) is 121 cm³/mol. The van der Waals surface area contributed by atoms with Gasteiger partial charge in [-0.25, -0.2) is 8.42 Å². The molecule has 0 aliphatic carbocycles. The van der Waals surface area contributed by atoms with E-state index in [2.05, 4.69) is 16.5 Å². The van der Waals surface area contributed by atoms with Crippen LogP contribution in [0.5, 0.6) is 5.75 Å². The number of anilines is 1. The topological polar surface area (TPSA) is 58.6 Å². The fourth-order valence-corrected chi connectivity index (χ4v) is 4.69. The van der Waals surface area contributed by atoms with Crippen LogP contribution >= 0.6 is 12.4 Å². The van der Waals surface area contributed by atoms with E-state index >= 15 is 0 Å². The summed E-state index contributed by atoms with van der Waals surface area (Å²) in [6, 6.07) is 14.3. The van der Waals surface area contributed by atoms with Crippen molar-refractivity contribution >= 4 is 28.1 Å². The Kier molecular flexibility index (Phi) is 8.37. The van der Waals surface area contributed by atoms with Gasteiger partial charge in [-0.05, 0) is 87.7 Å². The zero-order chi connectivity index (χ0) is 20.1. The van der Waals surface area contributed by atoms with Crippen LogP contribution in [-0.2, 0) is 10.0 Å². The van der Waals surface area contributed by atoms with Gasteiger partial charge in [-0.2, -0.15) is 0 Å². The summed E-state index contributed by atoms with van der Waals surface area (Å²) in [4.78, 5) is 2.72. The summed E-state index contributed by atoms with van der Waals surface area (Å²) in [5.74, 6) is 1.19. The lowest BCUT2D eigenvalue weighted by molar-refractivity contribution is 0.242. The number of nitrogens with zero attached hydrogens (tertiary/aromatic N) is 1. The molecule has 5 nitrogen and oxygen atoms in total. The van der Waals surface area contributed by atoms with E-state index in [4.69, 9.17) is 4.74 Å². The summed E-state index contributed by atoms with van der Waals surface area (Å²) >= 11 is 0. The number of likely N-dealkylation sites (tertiary alicyclic amines) is 1. The van der Waals surface area contributed by atoms with Crippen molar-refractivity contribution < 1.29 is 13.2 Å². The molecule has 3 rings (SSSR count). The first-order valence-corrected chi connectivity index (χ1v) is 11.5. The highest BCUT2D eigenvalue weighted by Gasteiger charge is 2.23. The maximum Gasteiger partial charge on any atom is 0.261 e. The van der Waals surface area contributed by atoms with Crippen LogP contribution in [0, 0.1) is 0 Å². The molecule has 0 spiro atoms. The third kappa shape index (κ3) is 6.36. The second-order valence-electron chi connectivity index (χ2n) is 7.65. The molecule has 0 aromatic heterocycles. The average molecular weight is 439 g/mol. The number of sulfonamides is 1. The number of ether oxygens (including phenoxy) is 1. The van der Waals surface area contributed by atoms with Gasteiger partial charge in [0.25, 0.3) is 10.0 Å². The standard InChI is InChI=1S/C22H30N2O3S.ClH/c1-4-14-24-15-13-19(16-24)18-5-7-20(8-6-18)23-28(25,26)22-11-9-21(10-12-22)27-17(2)3;/h5-12,17,19,23H,4,13-16H2,1-3H3;1H. The van der Waals surface area contributed by atoms with Gasteiger partial charge >= 0.3 is 0 Å². The molecule has 2 aromatic carbocycles. The molecular formula is C22H31ClN2O3S. The van der Waals surface area contributed by atoms with Gasteiger partial charge in [-0.1, -0.05) is 19.1 Å². The summed E-state index contributed by atoms with van der Waals surface area (Å²) in [6.07, 6.45) is 2.39. The first-order valence-electron chi connectivity index (χ1n) is 9.99. The molecule has 0 bridgehead atoms. The molecule has 160 valence electrons. The molecule has 1 aliphatic rings. The number of halogens is 1. The van der Waals surface area contributed by atoms with Gasteiger partial charge in [-0.15, -0.1) is 12.4 Å². The van der Waals surface area contributed by atoms with Crippen molar-refractivity contribution in [2.45, 2.75) is 50.5 Å². The lowest BCUT2D eigenvalue weighted by Gasteiger charge is -2.15.